The van der Waals surface area contributed by atoms with Gasteiger partial charge in [-0.2, -0.15) is 0 Å². The van der Waals surface area contributed by atoms with Gasteiger partial charge in [0.25, 0.3) is 0 Å². The predicted octanol–water partition coefficient (Wildman–Crippen LogP) is 2.64. The maximum atomic E-state index is 12.0. The monoisotopic (exact) mass is 309 g/mol. The van der Waals surface area contributed by atoms with Gasteiger partial charge in [-0.3, -0.25) is 9.79 Å². The number of amidine groups is 1. The average molecular weight is 309 g/mol. The Kier molecular flexibility index (Phi) is 4.77. The second kappa shape index (κ2) is 6.59. The van der Waals surface area contributed by atoms with Crippen LogP contribution in [0.2, 0.25) is 0 Å². The van der Waals surface area contributed by atoms with Crippen LogP contribution in [0.3, 0.4) is 0 Å². The quantitative estimate of drug-likeness (QED) is 0.871. The molecule has 0 unspecified atom stereocenters. The topological polar surface area (TPSA) is 44.7 Å². The molecule has 21 heavy (non-hydrogen) atoms. The standard InChI is InChI=1S/C16H27N3OS/c1-13-4-7-16(8-5-13)12-21-15(18-16)17-9-6-14(20)19-10-2-3-11-19/h13H,2-12H2,1H3,(H,17,18). The van der Waals surface area contributed by atoms with E-state index in [4.69, 9.17) is 0 Å². The largest absolute Gasteiger partial charge is 0.359 e. The molecule has 3 fully saturated rings. The van der Waals surface area contributed by atoms with E-state index >= 15 is 0 Å². The van der Waals surface area contributed by atoms with Crippen LogP contribution in [0, 0.1) is 5.92 Å². The average Bonchev–Trinajstić information content (AvgIpc) is 3.13. The van der Waals surface area contributed by atoms with Gasteiger partial charge in [0.05, 0.1) is 6.54 Å². The molecule has 1 aliphatic carbocycles. The molecule has 1 saturated carbocycles. The van der Waals surface area contributed by atoms with Crippen molar-refractivity contribution in [1.82, 2.24) is 10.2 Å². The van der Waals surface area contributed by atoms with Crippen LogP contribution in [0.5, 0.6) is 0 Å². The summed E-state index contributed by atoms with van der Waals surface area (Å²) in [5.74, 6) is 2.31. The highest BCUT2D eigenvalue weighted by Gasteiger charge is 2.39. The molecule has 1 N–H and O–H groups in total. The van der Waals surface area contributed by atoms with Crippen LogP contribution in [-0.4, -0.2) is 46.9 Å². The van der Waals surface area contributed by atoms with E-state index in [2.05, 4.69) is 17.2 Å². The Morgan fingerprint density at radius 2 is 2.10 bits per heavy atom. The summed E-state index contributed by atoms with van der Waals surface area (Å²) in [6.45, 7) is 4.89. The summed E-state index contributed by atoms with van der Waals surface area (Å²) < 4.78 is 0. The lowest BCUT2D eigenvalue weighted by molar-refractivity contribution is -0.129. The third-order valence-electron chi connectivity index (χ3n) is 5.13. The summed E-state index contributed by atoms with van der Waals surface area (Å²) in [5.41, 5.74) is 0.301. The van der Waals surface area contributed by atoms with E-state index in [1.807, 2.05) is 16.7 Å². The van der Waals surface area contributed by atoms with Crippen molar-refractivity contribution in [2.75, 3.05) is 25.4 Å². The maximum Gasteiger partial charge on any atom is 0.224 e. The fourth-order valence-electron chi connectivity index (χ4n) is 3.55. The normalized spacial score (nSPS) is 34.6. The fourth-order valence-corrected chi connectivity index (χ4v) is 4.80. The number of likely N-dealkylation sites (tertiary alicyclic amines) is 1. The molecule has 0 aromatic rings. The van der Waals surface area contributed by atoms with E-state index in [0.717, 1.165) is 29.9 Å². The summed E-state index contributed by atoms with van der Waals surface area (Å²) >= 11 is 1.85. The number of nitrogens with zero attached hydrogens (tertiary/aromatic N) is 2. The highest BCUT2D eigenvalue weighted by molar-refractivity contribution is 8.14. The second-order valence-corrected chi connectivity index (χ2v) is 7.87. The highest BCUT2D eigenvalue weighted by atomic mass is 32.2. The van der Waals surface area contributed by atoms with E-state index < -0.39 is 0 Å². The Morgan fingerprint density at radius 3 is 2.81 bits per heavy atom. The number of hydrogen-bond donors (Lipinski definition) is 1. The third kappa shape index (κ3) is 3.74. The molecule has 0 aromatic heterocycles. The van der Waals surface area contributed by atoms with Crippen molar-refractivity contribution in [1.29, 1.82) is 0 Å². The molecular weight excluding hydrogens is 282 g/mol. The minimum Gasteiger partial charge on any atom is -0.359 e. The van der Waals surface area contributed by atoms with Crippen molar-refractivity contribution in [3.8, 4) is 0 Å². The molecule has 0 radical (unpaired) electrons. The van der Waals surface area contributed by atoms with Gasteiger partial charge in [0.1, 0.15) is 0 Å². The molecule has 1 spiro atoms. The molecule has 1 amide bonds. The van der Waals surface area contributed by atoms with Gasteiger partial charge in [0.2, 0.25) is 5.91 Å². The van der Waals surface area contributed by atoms with Crippen LogP contribution in [0.4, 0.5) is 0 Å². The zero-order valence-electron chi connectivity index (χ0n) is 13.1. The Balaban J connectivity index is 1.44. The first-order valence-electron chi connectivity index (χ1n) is 8.40. The number of amides is 1. The van der Waals surface area contributed by atoms with Crippen LogP contribution in [0.1, 0.15) is 51.9 Å². The van der Waals surface area contributed by atoms with Crippen LogP contribution < -0.4 is 5.32 Å². The van der Waals surface area contributed by atoms with Gasteiger partial charge in [-0.15, -0.1) is 0 Å². The zero-order chi connectivity index (χ0) is 14.7. The van der Waals surface area contributed by atoms with Gasteiger partial charge in [-0.25, -0.2) is 0 Å². The first-order chi connectivity index (χ1) is 10.2. The van der Waals surface area contributed by atoms with Crippen molar-refractivity contribution in [2.45, 2.75) is 57.4 Å². The van der Waals surface area contributed by atoms with Gasteiger partial charge < -0.3 is 10.2 Å². The van der Waals surface area contributed by atoms with E-state index in [0.29, 0.717) is 18.5 Å². The maximum absolute atomic E-state index is 12.0. The summed E-state index contributed by atoms with van der Waals surface area (Å²) in [5, 5.41) is 4.73. The smallest absolute Gasteiger partial charge is 0.224 e. The van der Waals surface area contributed by atoms with Crippen molar-refractivity contribution < 1.29 is 4.79 Å². The number of nitrogens with one attached hydrogen (secondary N) is 1. The van der Waals surface area contributed by atoms with E-state index in [-0.39, 0.29) is 5.91 Å². The lowest BCUT2D eigenvalue weighted by Crippen LogP contribution is -2.46. The molecule has 3 rings (SSSR count). The summed E-state index contributed by atoms with van der Waals surface area (Å²) in [4.78, 5) is 18.6. The molecule has 2 saturated heterocycles. The van der Waals surface area contributed by atoms with Crippen LogP contribution >= 0.6 is 11.8 Å². The lowest BCUT2D eigenvalue weighted by atomic mass is 9.78. The van der Waals surface area contributed by atoms with E-state index in [1.54, 1.807) is 0 Å². The van der Waals surface area contributed by atoms with Crippen LogP contribution in [0.15, 0.2) is 4.99 Å². The first kappa shape index (κ1) is 15.2. The Bertz CT molecular complexity index is 410. The van der Waals surface area contributed by atoms with Crippen molar-refractivity contribution in [2.24, 2.45) is 10.9 Å². The number of carbonyl (C=O) groups is 1. The Hall–Kier alpha value is -0.710. The summed E-state index contributed by atoms with van der Waals surface area (Å²) in [7, 11) is 0. The Labute approximate surface area is 132 Å². The summed E-state index contributed by atoms with van der Waals surface area (Å²) in [6.07, 6.45) is 8.09. The fraction of sp³-hybridized carbons (Fsp3) is 0.875. The predicted molar refractivity (Wildman–Crippen MR) is 88.7 cm³/mol. The molecule has 3 aliphatic rings. The molecule has 0 bridgehead atoms. The number of rotatable bonds is 3. The van der Waals surface area contributed by atoms with Crippen LogP contribution in [-0.2, 0) is 4.79 Å². The van der Waals surface area contributed by atoms with E-state index in [9.17, 15) is 4.79 Å². The zero-order valence-corrected chi connectivity index (χ0v) is 13.9. The molecule has 2 aliphatic heterocycles. The van der Waals surface area contributed by atoms with Gasteiger partial charge >= 0.3 is 0 Å². The minimum absolute atomic E-state index is 0.279. The van der Waals surface area contributed by atoms with Gasteiger partial charge in [-0.1, -0.05) is 18.7 Å². The van der Waals surface area contributed by atoms with Gasteiger partial charge in [0, 0.05) is 30.8 Å². The van der Waals surface area contributed by atoms with Crippen molar-refractivity contribution in [3.05, 3.63) is 0 Å². The first-order valence-corrected chi connectivity index (χ1v) is 9.39. The number of hydrogen-bond acceptors (Lipinski definition) is 3. The molecule has 118 valence electrons. The molecular formula is C16H27N3OS. The number of carbonyl (C=O) groups excluding carboxylic acids is 1. The van der Waals surface area contributed by atoms with Crippen molar-refractivity contribution >= 4 is 22.8 Å². The molecule has 0 aromatic carbocycles. The SMILES string of the molecule is CC1CCC2(CC1)CSC(=NCCC(=O)N1CCCC1)N2. The molecule has 0 atom stereocenters. The van der Waals surface area contributed by atoms with Crippen LogP contribution in [0.25, 0.3) is 0 Å². The van der Waals surface area contributed by atoms with Gasteiger partial charge in [0.15, 0.2) is 5.17 Å². The lowest BCUT2D eigenvalue weighted by Gasteiger charge is -2.35. The summed E-state index contributed by atoms with van der Waals surface area (Å²) in [6, 6.07) is 0. The molecule has 4 nitrogen and oxygen atoms in total. The minimum atomic E-state index is 0.279. The second-order valence-electron chi connectivity index (χ2n) is 6.90. The van der Waals surface area contributed by atoms with Gasteiger partial charge in [-0.05, 0) is 44.4 Å². The number of aliphatic imine (C=N–C) groups is 1. The highest BCUT2D eigenvalue weighted by Crippen LogP contribution is 2.38. The molecule has 2 heterocycles. The van der Waals surface area contributed by atoms with Crippen molar-refractivity contribution in [3.63, 3.8) is 0 Å². The third-order valence-corrected chi connectivity index (χ3v) is 6.33. The van der Waals surface area contributed by atoms with E-state index in [1.165, 1.54) is 38.5 Å². The molecule has 5 heteroatoms. The number of thioether (sulfide) groups is 1. The Morgan fingerprint density at radius 1 is 1.38 bits per heavy atom.